The van der Waals surface area contributed by atoms with Crippen molar-refractivity contribution in [1.29, 1.82) is 0 Å². The summed E-state index contributed by atoms with van der Waals surface area (Å²) in [5.74, 6) is -1.06. The van der Waals surface area contributed by atoms with E-state index in [1.165, 1.54) is 19.3 Å². The Labute approximate surface area is 245 Å². The van der Waals surface area contributed by atoms with Gasteiger partial charge in [0.25, 0.3) is 0 Å². The monoisotopic (exact) mass is 686 g/mol. The molecular weight excluding hydrogens is 648 g/mol. The fourth-order valence-corrected chi connectivity index (χ4v) is 5.29. The van der Waals surface area contributed by atoms with E-state index in [0.717, 1.165) is 19.3 Å². The van der Waals surface area contributed by atoms with Crippen molar-refractivity contribution in [2.45, 2.75) is 82.9 Å². The van der Waals surface area contributed by atoms with Crippen LogP contribution in [0.15, 0.2) is 23.8 Å². The van der Waals surface area contributed by atoms with E-state index in [0.29, 0.717) is 26.9 Å². The lowest BCUT2D eigenvalue weighted by molar-refractivity contribution is -0.172. The van der Waals surface area contributed by atoms with Crippen molar-refractivity contribution in [3.8, 4) is 11.5 Å². The molecular formula is C27H38F3IN2O7. The van der Waals surface area contributed by atoms with Crippen LogP contribution in [-0.2, 0) is 16.2 Å². The zero-order valence-electron chi connectivity index (χ0n) is 22.7. The van der Waals surface area contributed by atoms with Gasteiger partial charge < -0.3 is 35.0 Å². The molecule has 0 aliphatic heterocycles. The van der Waals surface area contributed by atoms with Crippen LogP contribution in [-0.4, -0.2) is 83.3 Å². The Morgan fingerprint density at radius 3 is 2.48 bits per heavy atom. The minimum Gasteiger partial charge on any atom is -0.493 e. The van der Waals surface area contributed by atoms with E-state index >= 15 is 0 Å². The Kier molecular flexibility index (Phi) is 14.0. The molecule has 226 valence electrons. The lowest BCUT2D eigenvalue weighted by Gasteiger charge is -2.41. The molecule has 1 aromatic rings. The number of carbonyl (C=O) groups is 2. The Balaban J connectivity index is 2.45. The van der Waals surface area contributed by atoms with E-state index in [9.17, 15) is 33.0 Å². The van der Waals surface area contributed by atoms with E-state index < -0.39 is 42.8 Å². The molecule has 0 radical (unpaired) electrons. The van der Waals surface area contributed by atoms with Crippen LogP contribution in [0.5, 0.6) is 11.5 Å². The van der Waals surface area contributed by atoms with Gasteiger partial charge in [-0.05, 0) is 52.8 Å². The Morgan fingerprint density at radius 1 is 1.18 bits per heavy atom. The van der Waals surface area contributed by atoms with E-state index in [1.807, 2.05) is 29.5 Å². The van der Waals surface area contributed by atoms with Crippen molar-refractivity contribution in [2.24, 2.45) is 0 Å². The van der Waals surface area contributed by atoms with E-state index in [-0.39, 0.29) is 49.7 Å². The summed E-state index contributed by atoms with van der Waals surface area (Å²) in [6.45, 7) is -0.283. The summed E-state index contributed by atoms with van der Waals surface area (Å²) in [7, 11) is 1.37. The van der Waals surface area contributed by atoms with Gasteiger partial charge in [0.05, 0.1) is 29.9 Å². The molecule has 2 amide bonds. The van der Waals surface area contributed by atoms with Gasteiger partial charge in [-0.15, -0.1) is 0 Å². The second kappa shape index (κ2) is 16.4. The standard InChI is InChI=1S/C27H38F3IN2O7/c1-3-4-5-6-7-8-23(36)33(16-27(28,29)30)20-13-18(26(38)32-9-10-34)14-21(24(20)37)40-25-19(31)11-17(15-35)12-22(25)39-2/h11-12,14,20-21,24,34-35,37H,3-10,13,15-16H2,1-2H3,(H,32,38). The molecule has 0 fully saturated rings. The summed E-state index contributed by atoms with van der Waals surface area (Å²) in [5.41, 5.74) is 0.536. The summed E-state index contributed by atoms with van der Waals surface area (Å²) in [5, 5.41) is 32.4. The molecule has 4 N–H and O–H groups in total. The third-order valence-electron chi connectivity index (χ3n) is 6.50. The van der Waals surface area contributed by atoms with Gasteiger partial charge in [-0.25, -0.2) is 0 Å². The highest BCUT2D eigenvalue weighted by atomic mass is 127. The number of nitrogens with one attached hydrogen (secondary N) is 1. The lowest BCUT2D eigenvalue weighted by atomic mass is 9.87. The first kappa shape index (κ1) is 34.1. The van der Waals surface area contributed by atoms with Crippen LogP contribution in [0.3, 0.4) is 0 Å². The first-order valence-electron chi connectivity index (χ1n) is 13.2. The number of halogens is 4. The smallest absolute Gasteiger partial charge is 0.406 e. The van der Waals surface area contributed by atoms with Crippen LogP contribution in [0.2, 0.25) is 0 Å². The number of aliphatic hydroxyl groups excluding tert-OH is 3. The van der Waals surface area contributed by atoms with Crippen LogP contribution >= 0.6 is 22.6 Å². The molecule has 1 aliphatic rings. The normalized spacial score (nSPS) is 19.1. The van der Waals surface area contributed by atoms with E-state index in [1.54, 1.807) is 6.07 Å². The number of methoxy groups -OCH3 is 1. The van der Waals surface area contributed by atoms with Gasteiger partial charge in [-0.1, -0.05) is 32.6 Å². The fraction of sp³-hybridized carbons (Fsp3) is 0.630. The molecule has 0 aromatic heterocycles. The maximum atomic E-state index is 13.7. The zero-order valence-corrected chi connectivity index (χ0v) is 24.8. The number of benzene rings is 1. The first-order valence-corrected chi connectivity index (χ1v) is 14.3. The third-order valence-corrected chi connectivity index (χ3v) is 7.31. The molecule has 0 heterocycles. The minimum absolute atomic E-state index is 0.0117. The van der Waals surface area contributed by atoms with Crippen molar-refractivity contribution in [3.05, 3.63) is 32.9 Å². The molecule has 1 aliphatic carbocycles. The molecule has 2 rings (SSSR count). The third kappa shape index (κ3) is 10.1. The van der Waals surface area contributed by atoms with Gasteiger partial charge in [0.1, 0.15) is 18.8 Å². The number of rotatable bonds is 15. The quantitative estimate of drug-likeness (QED) is 0.165. The predicted molar refractivity (Wildman–Crippen MR) is 150 cm³/mol. The van der Waals surface area contributed by atoms with E-state index in [2.05, 4.69) is 5.32 Å². The highest BCUT2D eigenvalue weighted by Crippen LogP contribution is 2.37. The largest absolute Gasteiger partial charge is 0.493 e. The van der Waals surface area contributed by atoms with Gasteiger partial charge in [0.15, 0.2) is 11.5 Å². The van der Waals surface area contributed by atoms with Crippen LogP contribution in [0.25, 0.3) is 0 Å². The number of hydrogen-bond donors (Lipinski definition) is 4. The molecule has 0 spiro atoms. The highest BCUT2D eigenvalue weighted by Gasteiger charge is 2.44. The average molecular weight is 687 g/mol. The highest BCUT2D eigenvalue weighted by molar-refractivity contribution is 14.1. The second-order valence-electron chi connectivity index (χ2n) is 9.58. The molecule has 1 aromatic carbocycles. The van der Waals surface area contributed by atoms with Gasteiger partial charge in [-0.3, -0.25) is 9.59 Å². The maximum absolute atomic E-state index is 13.7. The molecule has 0 saturated carbocycles. The number of carbonyl (C=O) groups excluding carboxylic acids is 2. The fourth-order valence-electron chi connectivity index (χ4n) is 4.50. The SMILES string of the molecule is CCCCCCCC(=O)N(CC(F)(F)F)C1CC(C(=O)NCCO)=CC(Oc2c(I)cc(CO)cc2OC)C1O. The summed E-state index contributed by atoms with van der Waals surface area (Å²) < 4.78 is 52.9. The lowest BCUT2D eigenvalue weighted by Crippen LogP contribution is -2.57. The summed E-state index contributed by atoms with van der Waals surface area (Å²) >= 11 is 1.93. The number of alkyl halides is 3. The van der Waals surface area contributed by atoms with Crippen LogP contribution in [0.1, 0.15) is 57.4 Å². The summed E-state index contributed by atoms with van der Waals surface area (Å²) in [6.07, 6.45) is -2.94. The Hall–Kier alpha value is -2.10. The second-order valence-corrected chi connectivity index (χ2v) is 10.7. The molecule has 3 unspecified atom stereocenters. The first-order chi connectivity index (χ1) is 18.9. The molecule has 0 bridgehead atoms. The number of amides is 2. The number of unbranched alkanes of at least 4 members (excludes halogenated alkanes) is 4. The van der Waals surface area contributed by atoms with Crippen molar-refractivity contribution < 1.29 is 47.6 Å². The van der Waals surface area contributed by atoms with Crippen molar-refractivity contribution in [1.82, 2.24) is 10.2 Å². The molecule has 40 heavy (non-hydrogen) atoms. The van der Waals surface area contributed by atoms with E-state index in [4.69, 9.17) is 14.6 Å². The average Bonchev–Trinajstić information content (AvgIpc) is 2.91. The topological polar surface area (TPSA) is 129 Å². The van der Waals surface area contributed by atoms with Crippen molar-refractivity contribution in [3.63, 3.8) is 0 Å². The molecule has 9 nitrogen and oxygen atoms in total. The number of nitrogens with zero attached hydrogens (tertiary/aromatic N) is 1. The zero-order chi connectivity index (χ0) is 29.9. The summed E-state index contributed by atoms with van der Waals surface area (Å²) in [4.78, 5) is 26.5. The number of aliphatic hydroxyl groups is 3. The number of hydrogen-bond acceptors (Lipinski definition) is 7. The van der Waals surface area contributed by atoms with Crippen molar-refractivity contribution in [2.75, 3.05) is 26.8 Å². The van der Waals surface area contributed by atoms with Crippen LogP contribution in [0.4, 0.5) is 13.2 Å². The predicted octanol–water partition coefficient (Wildman–Crippen LogP) is 3.46. The van der Waals surface area contributed by atoms with Crippen LogP contribution in [0, 0.1) is 3.57 Å². The molecule has 3 atom stereocenters. The minimum atomic E-state index is -4.74. The van der Waals surface area contributed by atoms with Crippen molar-refractivity contribution >= 4 is 34.4 Å². The van der Waals surface area contributed by atoms with Gasteiger partial charge in [0.2, 0.25) is 11.8 Å². The Morgan fingerprint density at radius 2 is 1.88 bits per heavy atom. The number of ether oxygens (including phenoxy) is 2. The Bertz CT molecular complexity index is 1020. The summed E-state index contributed by atoms with van der Waals surface area (Å²) in [6, 6.07) is 1.72. The maximum Gasteiger partial charge on any atom is 0.406 e. The van der Waals surface area contributed by atoms with Gasteiger partial charge in [-0.2, -0.15) is 13.2 Å². The molecule has 13 heteroatoms. The van der Waals surface area contributed by atoms with Gasteiger partial charge in [0, 0.05) is 25.0 Å². The van der Waals surface area contributed by atoms with Crippen LogP contribution < -0.4 is 14.8 Å². The molecule has 0 saturated heterocycles. The van der Waals surface area contributed by atoms with Gasteiger partial charge >= 0.3 is 6.18 Å².